The summed E-state index contributed by atoms with van der Waals surface area (Å²) >= 11 is 0. The second-order valence-corrected chi connectivity index (χ2v) is 7.75. The van der Waals surface area contributed by atoms with E-state index in [1.165, 1.54) is 43.4 Å². The van der Waals surface area contributed by atoms with E-state index in [0.29, 0.717) is 17.1 Å². The predicted octanol–water partition coefficient (Wildman–Crippen LogP) is 2.82. The molecular formula is C21H19NO7S. The summed E-state index contributed by atoms with van der Waals surface area (Å²) in [5.41, 5.74) is 0.777. The van der Waals surface area contributed by atoms with Crippen LogP contribution in [-0.2, 0) is 24.4 Å². The van der Waals surface area contributed by atoms with E-state index < -0.39 is 22.0 Å². The fourth-order valence-corrected chi connectivity index (χ4v) is 3.91. The number of carbonyl (C=O) groups is 2. The van der Waals surface area contributed by atoms with E-state index in [9.17, 15) is 22.6 Å². The van der Waals surface area contributed by atoms with Crippen LogP contribution in [0.2, 0.25) is 0 Å². The molecule has 0 bridgehead atoms. The van der Waals surface area contributed by atoms with Gasteiger partial charge in [0.25, 0.3) is 16.0 Å². The Balaban J connectivity index is 2.22. The zero-order chi connectivity index (χ0) is 22.1. The molecule has 1 heterocycles. The van der Waals surface area contributed by atoms with E-state index in [0.717, 1.165) is 0 Å². The highest BCUT2D eigenvalue weighted by Gasteiger charge is 2.38. The van der Waals surface area contributed by atoms with Gasteiger partial charge in [-0.1, -0.05) is 24.3 Å². The maximum atomic E-state index is 13.3. The average molecular weight is 429 g/mol. The third kappa shape index (κ3) is 3.85. The fourth-order valence-electron chi connectivity index (χ4n) is 3.23. The average Bonchev–Trinajstić information content (AvgIpc) is 2.96. The van der Waals surface area contributed by atoms with Gasteiger partial charge in [0.15, 0.2) is 0 Å². The SMILES string of the molecule is COC(=O)C1=C(C)N(c2cccc(OC)c2)C(=O)/C1=C\c1ccccc1S(=O)(=O)O. The molecule has 0 aliphatic carbocycles. The van der Waals surface area contributed by atoms with Crippen LogP contribution < -0.4 is 9.64 Å². The molecule has 0 radical (unpaired) electrons. The van der Waals surface area contributed by atoms with Gasteiger partial charge >= 0.3 is 5.97 Å². The first-order valence-corrected chi connectivity index (χ1v) is 10.2. The zero-order valence-electron chi connectivity index (χ0n) is 16.4. The van der Waals surface area contributed by atoms with Crippen LogP contribution in [0.4, 0.5) is 5.69 Å². The highest BCUT2D eigenvalue weighted by atomic mass is 32.2. The van der Waals surface area contributed by atoms with E-state index >= 15 is 0 Å². The van der Waals surface area contributed by atoms with Gasteiger partial charge in [-0.25, -0.2) is 4.79 Å². The lowest BCUT2D eigenvalue weighted by atomic mass is 10.0. The molecule has 0 spiro atoms. The minimum atomic E-state index is -4.54. The number of nitrogens with zero attached hydrogens (tertiary/aromatic N) is 1. The second kappa shape index (κ2) is 8.13. The Bertz CT molecular complexity index is 1200. The molecular weight excluding hydrogens is 410 g/mol. The molecule has 156 valence electrons. The molecule has 1 aliphatic rings. The highest BCUT2D eigenvalue weighted by molar-refractivity contribution is 7.85. The van der Waals surface area contributed by atoms with Gasteiger partial charge in [0.2, 0.25) is 0 Å². The molecule has 1 aliphatic heterocycles. The largest absolute Gasteiger partial charge is 0.497 e. The maximum Gasteiger partial charge on any atom is 0.340 e. The topological polar surface area (TPSA) is 110 Å². The Morgan fingerprint density at radius 2 is 1.80 bits per heavy atom. The van der Waals surface area contributed by atoms with Crippen LogP contribution in [0.3, 0.4) is 0 Å². The van der Waals surface area contributed by atoms with Gasteiger partial charge in [-0.15, -0.1) is 0 Å². The number of hydrogen-bond acceptors (Lipinski definition) is 6. The van der Waals surface area contributed by atoms with Crippen molar-refractivity contribution in [1.82, 2.24) is 0 Å². The first kappa shape index (κ1) is 21.3. The Morgan fingerprint density at radius 3 is 2.43 bits per heavy atom. The molecule has 0 fully saturated rings. The Labute approximate surface area is 173 Å². The van der Waals surface area contributed by atoms with Crippen LogP contribution in [0.1, 0.15) is 12.5 Å². The molecule has 0 atom stereocenters. The van der Waals surface area contributed by atoms with Gasteiger partial charge in [-0.2, -0.15) is 8.42 Å². The molecule has 30 heavy (non-hydrogen) atoms. The van der Waals surface area contributed by atoms with Gasteiger partial charge in [0, 0.05) is 11.8 Å². The van der Waals surface area contributed by atoms with Gasteiger partial charge in [-0.05, 0) is 36.8 Å². The number of benzene rings is 2. The minimum absolute atomic E-state index is 0.00420. The summed E-state index contributed by atoms with van der Waals surface area (Å²) < 4.78 is 43.0. The smallest absolute Gasteiger partial charge is 0.340 e. The van der Waals surface area contributed by atoms with Crippen molar-refractivity contribution in [3.8, 4) is 5.75 Å². The van der Waals surface area contributed by atoms with Crippen molar-refractivity contribution in [3.63, 3.8) is 0 Å². The number of methoxy groups -OCH3 is 2. The van der Waals surface area contributed by atoms with Gasteiger partial charge in [-0.3, -0.25) is 14.2 Å². The van der Waals surface area contributed by atoms with Crippen LogP contribution in [-0.4, -0.2) is 39.1 Å². The zero-order valence-corrected chi connectivity index (χ0v) is 17.3. The summed E-state index contributed by atoms with van der Waals surface area (Å²) in [5, 5.41) is 0. The fraction of sp³-hybridized carbons (Fsp3) is 0.143. The number of rotatable bonds is 5. The van der Waals surface area contributed by atoms with E-state index in [4.69, 9.17) is 9.47 Å². The molecule has 1 N–H and O–H groups in total. The summed E-state index contributed by atoms with van der Waals surface area (Å²) in [7, 11) is -1.87. The highest BCUT2D eigenvalue weighted by Crippen LogP contribution is 2.37. The van der Waals surface area contributed by atoms with Crippen molar-refractivity contribution in [2.24, 2.45) is 0 Å². The summed E-state index contributed by atoms with van der Waals surface area (Å²) in [5.74, 6) is -0.782. The molecule has 0 saturated carbocycles. The molecule has 2 aromatic carbocycles. The van der Waals surface area contributed by atoms with Crippen LogP contribution >= 0.6 is 0 Å². The molecule has 0 saturated heterocycles. The molecule has 3 rings (SSSR count). The number of ether oxygens (including phenoxy) is 2. The monoisotopic (exact) mass is 429 g/mol. The van der Waals surface area contributed by atoms with Gasteiger partial charge < -0.3 is 9.47 Å². The standard InChI is InChI=1S/C21H19NO7S/c1-13-19(21(24)29-3)17(11-14-7-4-5-10-18(14)30(25,26)27)20(23)22(13)15-8-6-9-16(12-15)28-2/h4-12H,1-3H3,(H,25,26,27)/b17-11-. The number of hydrogen-bond donors (Lipinski definition) is 1. The Hall–Kier alpha value is -3.43. The van der Waals surface area contributed by atoms with Crippen molar-refractivity contribution in [3.05, 3.63) is 70.9 Å². The summed E-state index contributed by atoms with van der Waals surface area (Å²) in [4.78, 5) is 26.7. The number of anilines is 1. The quantitative estimate of drug-likeness (QED) is 0.442. The molecule has 0 unspecified atom stereocenters. The van der Waals surface area contributed by atoms with Crippen molar-refractivity contribution in [1.29, 1.82) is 0 Å². The molecule has 1 amide bonds. The van der Waals surface area contributed by atoms with Crippen molar-refractivity contribution < 1.29 is 32.0 Å². The van der Waals surface area contributed by atoms with Crippen LogP contribution in [0, 0.1) is 0 Å². The van der Waals surface area contributed by atoms with Crippen molar-refractivity contribution in [2.45, 2.75) is 11.8 Å². The Morgan fingerprint density at radius 1 is 1.10 bits per heavy atom. The van der Waals surface area contributed by atoms with Crippen LogP contribution in [0.5, 0.6) is 5.75 Å². The summed E-state index contributed by atoms with van der Waals surface area (Å²) in [6.07, 6.45) is 1.25. The van der Waals surface area contributed by atoms with Crippen molar-refractivity contribution >= 4 is 33.8 Å². The van der Waals surface area contributed by atoms with Crippen LogP contribution in [0.25, 0.3) is 6.08 Å². The molecule has 2 aromatic rings. The summed E-state index contributed by atoms with van der Waals surface area (Å²) in [6, 6.07) is 12.3. The lowest BCUT2D eigenvalue weighted by Gasteiger charge is -2.18. The Kier molecular flexibility index (Phi) is 5.77. The van der Waals surface area contributed by atoms with E-state index in [1.807, 2.05) is 0 Å². The number of carbonyl (C=O) groups excluding carboxylic acids is 2. The predicted molar refractivity (Wildman–Crippen MR) is 109 cm³/mol. The number of esters is 1. The first-order chi connectivity index (χ1) is 14.2. The van der Waals surface area contributed by atoms with Crippen LogP contribution in [0.15, 0.2) is 70.3 Å². The van der Waals surface area contributed by atoms with E-state index in [-0.39, 0.29) is 21.6 Å². The molecule has 8 nitrogen and oxygen atoms in total. The van der Waals surface area contributed by atoms with Crippen molar-refractivity contribution in [2.75, 3.05) is 19.1 Å². The third-order valence-electron chi connectivity index (χ3n) is 4.60. The minimum Gasteiger partial charge on any atom is -0.497 e. The summed E-state index contributed by atoms with van der Waals surface area (Å²) in [6.45, 7) is 1.58. The van der Waals surface area contributed by atoms with E-state index in [1.54, 1.807) is 37.3 Å². The third-order valence-corrected chi connectivity index (χ3v) is 5.53. The molecule has 0 aromatic heterocycles. The maximum absolute atomic E-state index is 13.3. The lowest BCUT2D eigenvalue weighted by Crippen LogP contribution is -2.24. The van der Waals surface area contributed by atoms with Gasteiger partial charge in [0.05, 0.1) is 31.1 Å². The molecule has 9 heteroatoms. The second-order valence-electron chi connectivity index (χ2n) is 6.36. The number of allylic oxidation sites excluding steroid dienone is 1. The lowest BCUT2D eigenvalue weighted by molar-refractivity contribution is -0.136. The van der Waals surface area contributed by atoms with Gasteiger partial charge in [0.1, 0.15) is 10.6 Å². The first-order valence-electron chi connectivity index (χ1n) is 8.75. The van der Waals surface area contributed by atoms with E-state index in [2.05, 4.69) is 0 Å². The normalized spacial score (nSPS) is 15.7. The number of amides is 1.